The second-order valence-electron chi connectivity index (χ2n) is 4.98. The SMILES string of the molecule is CCCN(C)CC(CBr)C(C)(C)C. The van der Waals surface area contributed by atoms with Crippen LogP contribution in [0.2, 0.25) is 0 Å². The highest BCUT2D eigenvalue weighted by Crippen LogP contribution is 2.27. The maximum atomic E-state index is 3.60. The van der Waals surface area contributed by atoms with E-state index in [-0.39, 0.29) is 0 Å². The standard InChI is InChI=1S/C11H24BrN/c1-6-7-13(5)9-10(8-12)11(2,3)4/h10H,6-9H2,1-5H3. The third-order valence-electron chi connectivity index (χ3n) is 2.55. The van der Waals surface area contributed by atoms with E-state index in [9.17, 15) is 0 Å². The van der Waals surface area contributed by atoms with Gasteiger partial charge in [-0.25, -0.2) is 0 Å². The molecule has 0 heterocycles. The molecule has 0 N–H and O–H groups in total. The highest BCUT2D eigenvalue weighted by Gasteiger charge is 2.24. The highest BCUT2D eigenvalue weighted by molar-refractivity contribution is 9.09. The minimum atomic E-state index is 0.408. The van der Waals surface area contributed by atoms with Crippen LogP contribution in [0, 0.1) is 11.3 Å². The summed E-state index contributed by atoms with van der Waals surface area (Å²) in [5.41, 5.74) is 0.408. The van der Waals surface area contributed by atoms with Crippen molar-refractivity contribution in [2.45, 2.75) is 34.1 Å². The maximum absolute atomic E-state index is 3.60. The maximum Gasteiger partial charge on any atom is 0.00768 e. The van der Waals surface area contributed by atoms with Crippen molar-refractivity contribution in [2.75, 3.05) is 25.5 Å². The van der Waals surface area contributed by atoms with Crippen molar-refractivity contribution in [2.24, 2.45) is 11.3 Å². The van der Waals surface area contributed by atoms with Crippen LogP contribution in [0.1, 0.15) is 34.1 Å². The molecule has 0 spiro atoms. The second-order valence-corrected chi connectivity index (χ2v) is 5.63. The van der Waals surface area contributed by atoms with Gasteiger partial charge in [0.05, 0.1) is 0 Å². The van der Waals surface area contributed by atoms with Gasteiger partial charge in [-0.2, -0.15) is 0 Å². The van der Waals surface area contributed by atoms with Crippen molar-refractivity contribution in [1.82, 2.24) is 4.90 Å². The Hall–Kier alpha value is 0.440. The fraction of sp³-hybridized carbons (Fsp3) is 1.00. The number of hydrogen-bond acceptors (Lipinski definition) is 1. The summed E-state index contributed by atoms with van der Waals surface area (Å²) in [6, 6.07) is 0. The van der Waals surface area contributed by atoms with Crippen molar-refractivity contribution in [3.8, 4) is 0 Å². The molecule has 0 fully saturated rings. The lowest BCUT2D eigenvalue weighted by atomic mass is 9.82. The van der Waals surface area contributed by atoms with Crippen molar-refractivity contribution in [1.29, 1.82) is 0 Å². The number of rotatable bonds is 5. The molecule has 0 bridgehead atoms. The third kappa shape index (κ3) is 5.69. The summed E-state index contributed by atoms with van der Waals surface area (Å²) < 4.78 is 0. The molecule has 0 saturated heterocycles. The molecule has 0 rings (SSSR count). The van der Waals surface area contributed by atoms with E-state index in [0.29, 0.717) is 5.41 Å². The lowest BCUT2D eigenvalue weighted by molar-refractivity contribution is 0.188. The molecule has 1 nitrogen and oxygen atoms in total. The summed E-state index contributed by atoms with van der Waals surface area (Å²) in [7, 11) is 2.21. The van der Waals surface area contributed by atoms with Gasteiger partial charge in [-0.1, -0.05) is 43.6 Å². The van der Waals surface area contributed by atoms with E-state index >= 15 is 0 Å². The summed E-state index contributed by atoms with van der Waals surface area (Å²) in [6.07, 6.45) is 1.25. The van der Waals surface area contributed by atoms with Gasteiger partial charge in [0.2, 0.25) is 0 Å². The van der Waals surface area contributed by atoms with Gasteiger partial charge in [0.15, 0.2) is 0 Å². The molecule has 0 aromatic heterocycles. The van der Waals surface area contributed by atoms with Crippen LogP contribution in [0.4, 0.5) is 0 Å². The summed E-state index contributed by atoms with van der Waals surface area (Å²) >= 11 is 3.60. The molecule has 0 amide bonds. The Morgan fingerprint density at radius 1 is 1.31 bits per heavy atom. The smallest absolute Gasteiger partial charge is 0.00768 e. The molecule has 80 valence electrons. The van der Waals surface area contributed by atoms with Crippen LogP contribution < -0.4 is 0 Å². The van der Waals surface area contributed by atoms with Gasteiger partial charge in [0.1, 0.15) is 0 Å². The van der Waals surface area contributed by atoms with Crippen LogP contribution in [0.3, 0.4) is 0 Å². The van der Waals surface area contributed by atoms with E-state index in [1.165, 1.54) is 19.5 Å². The fourth-order valence-corrected chi connectivity index (χ4v) is 2.58. The lowest BCUT2D eigenvalue weighted by Crippen LogP contribution is -2.34. The zero-order chi connectivity index (χ0) is 10.5. The molecule has 1 atom stereocenters. The molecule has 0 aliphatic carbocycles. The summed E-state index contributed by atoms with van der Waals surface area (Å²) in [4.78, 5) is 2.43. The molecule has 0 saturated carbocycles. The van der Waals surface area contributed by atoms with E-state index < -0.39 is 0 Å². The van der Waals surface area contributed by atoms with Crippen LogP contribution in [0.25, 0.3) is 0 Å². The Kier molecular flexibility index (Phi) is 6.23. The van der Waals surface area contributed by atoms with Gasteiger partial charge in [-0.3, -0.25) is 0 Å². The van der Waals surface area contributed by atoms with Crippen molar-refractivity contribution >= 4 is 15.9 Å². The predicted octanol–water partition coefficient (Wildman–Crippen LogP) is 3.39. The first-order valence-corrected chi connectivity index (χ1v) is 6.28. The van der Waals surface area contributed by atoms with Gasteiger partial charge in [0.25, 0.3) is 0 Å². The highest BCUT2D eigenvalue weighted by atomic mass is 79.9. The van der Waals surface area contributed by atoms with Crippen LogP contribution in [0.5, 0.6) is 0 Å². The molecule has 0 radical (unpaired) electrons. The van der Waals surface area contributed by atoms with Gasteiger partial charge in [-0.05, 0) is 31.3 Å². The van der Waals surface area contributed by atoms with Crippen LogP contribution in [0.15, 0.2) is 0 Å². The summed E-state index contributed by atoms with van der Waals surface area (Å²) in [5, 5.41) is 1.10. The monoisotopic (exact) mass is 249 g/mol. The average molecular weight is 250 g/mol. The Morgan fingerprint density at radius 3 is 2.15 bits per heavy atom. The van der Waals surface area contributed by atoms with Crippen LogP contribution >= 0.6 is 15.9 Å². The molecule has 0 aromatic carbocycles. The zero-order valence-electron chi connectivity index (χ0n) is 9.73. The van der Waals surface area contributed by atoms with Crippen molar-refractivity contribution in [3.63, 3.8) is 0 Å². The molecule has 2 heteroatoms. The largest absolute Gasteiger partial charge is 0.306 e. The molecule has 0 aliphatic rings. The Labute approximate surface area is 92.0 Å². The van der Waals surface area contributed by atoms with E-state index in [1.54, 1.807) is 0 Å². The van der Waals surface area contributed by atoms with E-state index in [1.807, 2.05) is 0 Å². The molecule has 13 heavy (non-hydrogen) atoms. The minimum absolute atomic E-state index is 0.408. The zero-order valence-corrected chi connectivity index (χ0v) is 11.3. The molecule has 0 aliphatic heterocycles. The van der Waals surface area contributed by atoms with Crippen LogP contribution in [-0.2, 0) is 0 Å². The summed E-state index contributed by atoms with van der Waals surface area (Å²) in [6.45, 7) is 11.6. The number of halogens is 1. The number of hydrogen-bond donors (Lipinski definition) is 0. The van der Waals surface area contributed by atoms with E-state index in [4.69, 9.17) is 0 Å². The fourth-order valence-electron chi connectivity index (χ4n) is 1.40. The Morgan fingerprint density at radius 2 is 1.85 bits per heavy atom. The first-order chi connectivity index (χ1) is 5.91. The average Bonchev–Trinajstić information content (AvgIpc) is 1.98. The van der Waals surface area contributed by atoms with Gasteiger partial charge < -0.3 is 4.90 Å². The van der Waals surface area contributed by atoms with E-state index in [2.05, 4.69) is 55.6 Å². The molecule has 0 aromatic rings. The third-order valence-corrected chi connectivity index (χ3v) is 3.33. The molecule has 1 unspecified atom stereocenters. The van der Waals surface area contributed by atoms with Gasteiger partial charge in [-0.15, -0.1) is 0 Å². The summed E-state index contributed by atoms with van der Waals surface area (Å²) in [5.74, 6) is 0.740. The van der Waals surface area contributed by atoms with Gasteiger partial charge >= 0.3 is 0 Å². The predicted molar refractivity (Wildman–Crippen MR) is 64.5 cm³/mol. The number of alkyl halides is 1. The van der Waals surface area contributed by atoms with Crippen LogP contribution in [-0.4, -0.2) is 30.4 Å². The minimum Gasteiger partial charge on any atom is -0.306 e. The quantitative estimate of drug-likeness (QED) is 0.676. The van der Waals surface area contributed by atoms with E-state index in [0.717, 1.165) is 11.2 Å². The topological polar surface area (TPSA) is 3.24 Å². The first-order valence-electron chi connectivity index (χ1n) is 5.16. The Balaban J connectivity index is 3.98. The molecular weight excluding hydrogens is 226 g/mol. The van der Waals surface area contributed by atoms with Gasteiger partial charge in [0, 0.05) is 11.9 Å². The molecular formula is C11H24BrN. The first kappa shape index (κ1) is 13.4. The van der Waals surface area contributed by atoms with Crippen molar-refractivity contribution in [3.05, 3.63) is 0 Å². The Bertz CT molecular complexity index is 129. The van der Waals surface area contributed by atoms with Crippen molar-refractivity contribution < 1.29 is 0 Å². The number of nitrogens with zero attached hydrogens (tertiary/aromatic N) is 1. The second kappa shape index (κ2) is 6.02. The lowest BCUT2D eigenvalue weighted by Gasteiger charge is -2.32. The normalized spacial score (nSPS) is 15.0.